The minimum Gasteiger partial charge on any atom is -0.282 e. The van der Waals surface area contributed by atoms with E-state index in [1.54, 1.807) is 6.08 Å². The van der Waals surface area contributed by atoms with Crippen molar-refractivity contribution >= 4 is 10.1 Å². The van der Waals surface area contributed by atoms with Crippen LogP contribution in [0.25, 0.3) is 0 Å². The van der Waals surface area contributed by atoms with Crippen molar-refractivity contribution < 1.29 is 13.0 Å². The molecule has 0 amide bonds. The number of allylic oxidation sites excluding steroid dienone is 2. The van der Waals surface area contributed by atoms with Crippen LogP contribution < -0.4 is 0 Å². The van der Waals surface area contributed by atoms with Gasteiger partial charge in [-0.15, -0.1) is 6.58 Å². The molecule has 0 aliphatic heterocycles. The number of unbranched alkanes of at least 4 members (excludes halogenated alkanes) is 2. The molecule has 0 radical (unpaired) electrons. The summed E-state index contributed by atoms with van der Waals surface area (Å²) in [6.07, 6.45) is 5.55. The minimum atomic E-state index is -3.92. The predicted molar refractivity (Wildman–Crippen MR) is 44.7 cm³/mol. The molecule has 0 aliphatic rings. The van der Waals surface area contributed by atoms with Gasteiger partial charge in [-0.2, -0.15) is 8.42 Å². The van der Waals surface area contributed by atoms with E-state index >= 15 is 0 Å². The van der Waals surface area contributed by atoms with Crippen LogP contribution in [0.1, 0.15) is 19.3 Å². The molecule has 0 spiro atoms. The molecule has 0 aliphatic carbocycles. The van der Waals surface area contributed by atoms with E-state index in [0.717, 1.165) is 18.2 Å². The monoisotopic (exact) mass is 176 g/mol. The predicted octanol–water partition coefficient (Wildman–Crippen LogP) is 1.74. The lowest BCUT2D eigenvalue weighted by Gasteiger charge is -1.87. The first-order valence-electron chi connectivity index (χ1n) is 3.31. The Balaban J connectivity index is 3.54. The van der Waals surface area contributed by atoms with Crippen LogP contribution in [0.2, 0.25) is 0 Å². The maximum absolute atomic E-state index is 10.1. The maximum atomic E-state index is 10.1. The molecule has 64 valence electrons. The van der Waals surface area contributed by atoms with Crippen molar-refractivity contribution in [3.05, 3.63) is 24.1 Å². The Morgan fingerprint density at radius 2 is 2.00 bits per heavy atom. The van der Waals surface area contributed by atoms with E-state index in [1.807, 2.05) is 0 Å². The molecule has 0 aromatic rings. The molecule has 0 heterocycles. The van der Waals surface area contributed by atoms with E-state index in [2.05, 4.69) is 6.58 Å². The van der Waals surface area contributed by atoms with Crippen molar-refractivity contribution in [3.63, 3.8) is 0 Å². The first kappa shape index (κ1) is 10.4. The molecular weight excluding hydrogens is 164 g/mol. The summed E-state index contributed by atoms with van der Waals surface area (Å²) in [5.74, 6) is 0. The molecule has 4 heteroatoms. The summed E-state index contributed by atoms with van der Waals surface area (Å²) in [6, 6.07) is 0. The molecule has 0 aromatic heterocycles. The second-order valence-electron chi connectivity index (χ2n) is 2.11. The quantitative estimate of drug-likeness (QED) is 0.394. The third-order valence-electron chi connectivity index (χ3n) is 1.05. The smallest absolute Gasteiger partial charge is 0.282 e. The van der Waals surface area contributed by atoms with E-state index in [1.165, 1.54) is 6.08 Å². The molecule has 3 nitrogen and oxygen atoms in total. The van der Waals surface area contributed by atoms with Crippen LogP contribution in [0, 0.1) is 0 Å². The molecule has 11 heavy (non-hydrogen) atoms. The third-order valence-corrected chi connectivity index (χ3v) is 1.58. The van der Waals surface area contributed by atoms with Crippen LogP contribution >= 0.6 is 0 Å². The van der Waals surface area contributed by atoms with Gasteiger partial charge >= 0.3 is 0 Å². The summed E-state index contributed by atoms with van der Waals surface area (Å²) in [6.45, 7) is 3.52. The van der Waals surface area contributed by atoms with Crippen LogP contribution in [0.4, 0.5) is 0 Å². The van der Waals surface area contributed by atoms with Crippen LogP contribution in [0.15, 0.2) is 24.1 Å². The molecule has 0 bridgehead atoms. The number of hydrogen-bond donors (Lipinski definition) is 1. The second kappa shape index (κ2) is 5.09. The summed E-state index contributed by atoms with van der Waals surface area (Å²) in [7, 11) is -3.92. The van der Waals surface area contributed by atoms with E-state index in [9.17, 15) is 8.42 Å². The zero-order chi connectivity index (χ0) is 8.74. The fourth-order valence-corrected chi connectivity index (χ4v) is 0.949. The normalized spacial score (nSPS) is 12.1. The molecule has 0 saturated heterocycles. The van der Waals surface area contributed by atoms with Crippen LogP contribution in [-0.4, -0.2) is 13.0 Å². The largest absolute Gasteiger partial charge is 0.287 e. The molecule has 0 rings (SSSR count). The molecule has 0 unspecified atom stereocenters. The molecule has 0 atom stereocenters. The van der Waals surface area contributed by atoms with Crippen LogP contribution in [0.3, 0.4) is 0 Å². The van der Waals surface area contributed by atoms with Gasteiger partial charge in [-0.05, 0) is 19.3 Å². The second-order valence-corrected chi connectivity index (χ2v) is 3.41. The zero-order valence-electron chi connectivity index (χ0n) is 6.23. The van der Waals surface area contributed by atoms with Crippen LogP contribution in [-0.2, 0) is 10.1 Å². The van der Waals surface area contributed by atoms with Gasteiger partial charge in [0.15, 0.2) is 0 Å². The van der Waals surface area contributed by atoms with Gasteiger partial charge in [0, 0.05) is 0 Å². The summed E-state index contributed by atoms with van der Waals surface area (Å²) < 4.78 is 28.5. The highest BCUT2D eigenvalue weighted by molar-refractivity contribution is 7.88. The van der Waals surface area contributed by atoms with Crippen molar-refractivity contribution in [1.82, 2.24) is 0 Å². The SMILES string of the molecule is C=CCCCC=CS(=O)(=O)O. The van der Waals surface area contributed by atoms with Gasteiger partial charge in [-0.25, -0.2) is 0 Å². The van der Waals surface area contributed by atoms with Crippen molar-refractivity contribution in [2.75, 3.05) is 0 Å². The van der Waals surface area contributed by atoms with E-state index < -0.39 is 10.1 Å². The Morgan fingerprint density at radius 1 is 1.36 bits per heavy atom. The lowest BCUT2D eigenvalue weighted by molar-refractivity contribution is 0.494. The lowest BCUT2D eigenvalue weighted by Crippen LogP contribution is -1.88. The molecular formula is C7H12O3S. The minimum absolute atomic E-state index is 0.645. The fraction of sp³-hybridized carbons (Fsp3) is 0.429. The number of hydrogen-bond acceptors (Lipinski definition) is 2. The topological polar surface area (TPSA) is 54.4 Å². The highest BCUT2D eigenvalue weighted by Crippen LogP contribution is 1.97. The van der Waals surface area contributed by atoms with Crippen LogP contribution in [0.5, 0.6) is 0 Å². The average Bonchev–Trinajstić information content (AvgIpc) is 1.85. The Morgan fingerprint density at radius 3 is 2.45 bits per heavy atom. The Hall–Kier alpha value is -0.610. The molecule has 0 fully saturated rings. The fourth-order valence-electron chi connectivity index (χ4n) is 0.570. The van der Waals surface area contributed by atoms with Gasteiger partial charge in [0.25, 0.3) is 10.1 Å². The standard InChI is InChI=1S/C7H12O3S/c1-2-3-4-5-6-7-11(8,9)10/h2,6-7H,1,3-5H2,(H,8,9,10). The summed E-state index contributed by atoms with van der Waals surface area (Å²) in [5.41, 5.74) is 0. The van der Waals surface area contributed by atoms with Crippen molar-refractivity contribution in [2.24, 2.45) is 0 Å². The third kappa shape index (κ3) is 9.39. The Labute approximate surface area is 67.2 Å². The van der Waals surface area contributed by atoms with Crippen molar-refractivity contribution in [3.8, 4) is 0 Å². The van der Waals surface area contributed by atoms with Gasteiger partial charge in [0.1, 0.15) is 0 Å². The van der Waals surface area contributed by atoms with Gasteiger partial charge in [0.05, 0.1) is 5.41 Å². The summed E-state index contributed by atoms with van der Waals surface area (Å²) >= 11 is 0. The van der Waals surface area contributed by atoms with E-state index in [0.29, 0.717) is 6.42 Å². The lowest BCUT2D eigenvalue weighted by atomic mass is 10.2. The van der Waals surface area contributed by atoms with Gasteiger partial charge in [-0.1, -0.05) is 12.2 Å². The molecule has 1 N–H and O–H groups in total. The maximum Gasteiger partial charge on any atom is 0.287 e. The highest BCUT2D eigenvalue weighted by atomic mass is 32.2. The summed E-state index contributed by atoms with van der Waals surface area (Å²) in [5, 5.41) is 0.802. The van der Waals surface area contributed by atoms with Crippen molar-refractivity contribution in [1.29, 1.82) is 0 Å². The zero-order valence-corrected chi connectivity index (χ0v) is 7.05. The number of rotatable bonds is 5. The summed E-state index contributed by atoms with van der Waals surface area (Å²) in [4.78, 5) is 0. The highest BCUT2D eigenvalue weighted by Gasteiger charge is 1.92. The first-order valence-corrected chi connectivity index (χ1v) is 4.81. The molecule has 0 saturated carbocycles. The Bertz CT molecular complexity index is 226. The Kier molecular flexibility index (Phi) is 4.81. The van der Waals surface area contributed by atoms with Gasteiger partial charge in [0.2, 0.25) is 0 Å². The average molecular weight is 176 g/mol. The van der Waals surface area contributed by atoms with Gasteiger partial charge < -0.3 is 0 Å². The van der Waals surface area contributed by atoms with E-state index in [4.69, 9.17) is 4.55 Å². The first-order chi connectivity index (χ1) is 5.06. The van der Waals surface area contributed by atoms with E-state index in [-0.39, 0.29) is 0 Å². The van der Waals surface area contributed by atoms with Gasteiger partial charge in [-0.3, -0.25) is 4.55 Å². The molecule has 0 aromatic carbocycles. The van der Waals surface area contributed by atoms with Crippen molar-refractivity contribution in [2.45, 2.75) is 19.3 Å².